The highest BCUT2D eigenvalue weighted by Crippen LogP contribution is 2.28. The number of anilines is 2. The number of carbonyl (C=O) groups is 2. The summed E-state index contributed by atoms with van der Waals surface area (Å²) in [6.07, 6.45) is 1.42. The molecule has 0 radical (unpaired) electrons. The predicted molar refractivity (Wildman–Crippen MR) is 83.1 cm³/mol. The number of nitrogens with one attached hydrogen (secondary N) is 2. The SMILES string of the molecule is COc1ccc(NC(=O)c2ccco2)c(NC(=O)C(C)C)c1. The van der Waals surface area contributed by atoms with Gasteiger partial charge >= 0.3 is 0 Å². The highest BCUT2D eigenvalue weighted by atomic mass is 16.5. The molecule has 0 aliphatic heterocycles. The minimum absolute atomic E-state index is 0.151. The van der Waals surface area contributed by atoms with E-state index < -0.39 is 5.91 Å². The molecule has 0 saturated heterocycles. The van der Waals surface area contributed by atoms with Gasteiger partial charge in [0, 0.05) is 12.0 Å². The number of hydrogen-bond acceptors (Lipinski definition) is 4. The molecule has 1 aromatic heterocycles. The molecule has 0 atom stereocenters. The van der Waals surface area contributed by atoms with E-state index in [1.807, 2.05) is 0 Å². The molecule has 116 valence electrons. The van der Waals surface area contributed by atoms with Crippen LogP contribution in [0.5, 0.6) is 5.75 Å². The van der Waals surface area contributed by atoms with Crippen LogP contribution >= 0.6 is 0 Å². The van der Waals surface area contributed by atoms with Gasteiger partial charge in [-0.1, -0.05) is 13.8 Å². The lowest BCUT2D eigenvalue weighted by Crippen LogP contribution is -2.20. The van der Waals surface area contributed by atoms with Gasteiger partial charge in [-0.3, -0.25) is 9.59 Å². The monoisotopic (exact) mass is 302 g/mol. The summed E-state index contributed by atoms with van der Waals surface area (Å²) < 4.78 is 10.2. The van der Waals surface area contributed by atoms with Crippen molar-refractivity contribution in [1.29, 1.82) is 0 Å². The third-order valence-corrected chi connectivity index (χ3v) is 3.00. The van der Waals surface area contributed by atoms with Crippen molar-refractivity contribution in [3.8, 4) is 5.75 Å². The quantitative estimate of drug-likeness (QED) is 0.889. The number of amides is 2. The molecule has 0 saturated carbocycles. The molecule has 0 aliphatic rings. The van der Waals surface area contributed by atoms with Crippen molar-refractivity contribution in [3.63, 3.8) is 0 Å². The van der Waals surface area contributed by atoms with Crippen LogP contribution in [-0.4, -0.2) is 18.9 Å². The van der Waals surface area contributed by atoms with Gasteiger partial charge < -0.3 is 19.8 Å². The summed E-state index contributed by atoms with van der Waals surface area (Å²) in [5, 5.41) is 5.48. The Balaban J connectivity index is 2.25. The van der Waals surface area contributed by atoms with E-state index in [2.05, 4.69) is 10.6 Å². The Labute approximate surface area is 128 Å². The third kappa shape index (κ3) is 3.66. The molecule has 0 unspecified atom stereocenters. The van der Waals surface area contributed by atoms with Gasteiger partial charge in [0.1, 0.15) is 5.75 Å². The molecule has 2 aromatic rings. The number of methoxy groups -OCH3 is 1. The first-order valence-electron chi connectivity index (χ1n) is 6.85. The zero-order chi connectivity index (χ0) is 16.1. The maximum Gasteiger partial charge on any atom is 0.291 e. The van der Waals surface area contributed by atoms with E-state index in [1.54, 1.807) is 44.2 Å². The molecular formula is C16H18N2O4. The van der Waals surface area contributed by atoms with E-state index >= 15 is 0 Å². The molecule has 2 rings (SSSR count). The molecule has 22 heavy (non-hydrogen) atoms. The minimum Gasteiger partial charge on any atom is -0.497 e. The Hall–Kier alpha value is -2.76. The molecular weight excluding hydrogens is 284 g/mol. The second-order valence-corrected chi connectivity index (χ2v) is 4.99. The third-order valence-electron chi connectivity index (χ3n) is 3.00. The molecule has 1 heterocycles. The Morgan fingerprint density at radius 3 is 2.50 bits per heavy atom. The number of carbonyl (C=O) groups excluding carboxylic acids is 2. The zero-order valence-corrected chi connectivity index (χ0v) is 12.7. The number of hydrogen-bond donors (Lipinski definition) is 2. The summed E-state index contributed by atoms with van der Waals surface area (Å²) in [5.41, 5.74) is 0.939. The van der Waals surface area contributed by atoms with E-state index in [0.29, 0.717) is 17.1 Å². The molecule has 0 fully saturated rings. The topological polar surface area (TPSA) is 80.6 Å². The number of ether oxygens (including phenoxy) is 1. The summed E-state index contributed by atoms with van der Waals surface area (Å²) in [6.45, 7) is 3.58. The first-order chi connectivity index (χ1) is 10.5. The average molecular weight is 302 g/mol. The van der Waals surface area contributed by atoms with Crippen LogP contribution in [0, 0.1) is 5.92 Å². The highest BCUT2D eigenvalue weighted by molar-refractivity contribution is 6.06. The van der Waals surface area contributed by atoms with Crippen LogP contribution in [0.3, 0.4) is 0 Å². The summed E-state index contributed by atoms with van der Waals surface area (Å²) in [5.74, 6) is 0.0452. The lowest BCUT2D eigenvalue weighted by Gasteiger charge is -2.14. The van der Waals surface area contributed by atoms with Gasteiger partial charge in [-0.2, -0.15) is 0 Å². The Kier molecular flexibility index (Phi) is 4.83. The standard InChI is InChI=1S/C16H18N2O4/c1-10(2)15(19)18-13-9-11(21-3)6-7-12(13)17-16(20)14-5-4-8-22-14/h4-10H,1-3H3,(H,17,20)(H,18,19). The summed E-state index contributed by atoms with van der Waals surface area (Å²) >= 11 is 0. The first-order valence-corrected chi connectivity index (χ1v) is 6.85. The Morgan fingerprint density at radius 1 is 1.14 bits per heavy atom. The summed E-state index contributed by atoms with van der Waals surface area (Å²) in [7, 11) is 1.53. The molecule has 0 spiro atoms. The lowest BCUT2D eigenvalue weighted by atomic mass is 10.2. The minimum atomic E-state index is -0.393. The second-order valence-electron chi connectivity index (χ2n) is 4.99. The van der Waals surface area contributed by atoms with Crippen molar-refractivity contribution in [2.24, 2.45) is 5.92 Å². The van der Waals surface area contributed by atoms with Crippen LogP contribution in [0.4, 0.5) is 11.4 Å². The fourth-order valence-electron chi connectivity index (χ4n) is 1.73. The number of benzene rings is 1. The van der Waals surface area contributed by atoms with E-state index in [-0.39, 0.29) is 17.6 Å². The van der Waals surface area contributed by atoms with Crippen LogP contribution in [0.2, 0.25) is 0 Å². The van der Waals surface area contributed by atoms with E-state index in [0.717, 1.165) is 0 Å². The Morgan fingerprint density at radius 2 is 1.91 bits per heavy atom. The molecule has 0 bridgehead atoms. The maximum atomic E-state index is 12.1. The van der Waals surface area contributed by atoms with E-state index in [1.165, 1.54) is 13.4 Å². The first kappa shape index (κ1) is 15.6. The van der Waals surface area contributed by atoms with Gasteiger partial charge in [-0.15, -0.1) is 0 Å². The maximum absolute atomic E-state index is 12.1. The average Bonchev–Trinajstić information content (AvgIpc) is 3.03. The van der Waals surface area contributed by atoms with Crippen LogP contribution in [0.25, 0.3) is 0 Å². The van der Waals surface area contributed by atoms with Gasteiger partial charge in [0.15, 0.2) is 5.76 Å². The molecule has 6 heteroatoms. The predicted octanol–water partition coefficient (Wildman–Crippen LogP) is 3.14. The van der Waals surface area contributed by atoms with Crippen molar-refractivity contribution < 1.29 is 18.7 Å². The molecule has 6 nitrogen and oxygen atoms in total. The van der Waals surface area contributed by atoms with Crippen molar-refractivity contribution >= 4 is 23.2 Å². The van der Waals surface area contributed by atoms with Crippen molar-refractivity contribution in [3.05, 3.63) is 42.4 Å². The van der Waals surface area contributed by atoms with E-state index in [9.17, 15) is 9.59 Å². The largest absolute Gasteiger partial charge is 0.497 e. The molecule has 2 amide bonds. The fourth-order valence-corrected chi connectivity index (χ4v) is 1.73. The van der Waals surface area contributed by atoms with Crippen molar-refractivity contribution in [1.82, 2.24) is 0 Å². The van der Waals surface area contributed by atoms with E-state index in [4.69, 9.17) is 9.15 Å². The summed E-state index contributed by atoms with van der Waals surface area (Å²) in [6, 6.07) is 8.20. The van der Waals surface area contributed by atoms with Gasteiger partial charge in [0.2, 0.25) is 5.91 Å². The van der Waals surface area contributed by atoms with Crippen LogP contribution in [-0.2, 0) is 4.79 Å². The summed E-state index contributed by atoms with van der Waals surface area (Å²) in [4.78, 5) is 23.9. The van der Waals surface area contributed by atoms with Gasteiger partial charge in [0.25, 0.3) is 5.91 Å². The normalized spacial score (nSPS) is 10.4. The number of furan rings is 1. The Bertz CT molecular complexity index is 663. The number of rotatable bonds is 5. The lowest BCUT2D eigenvalue weighted by molar-refractivity contribution is -0.118. The molecule has 0 aliphatic carbocycles. The van der Waals surface area contributed by atoms with Crippen LogP contribution in [0.1, 0.15) is 24.4 Å². The smallest absolute Gasteiger partial charge is 0.291 e. The van der Waals surface area contributed by atoms with Gasteiger partial charge in [-0.05, 0) is 24.3 Å². The van der Waals surface area contributed by atoms with Gasteiger partial charge in [-0.25, -0.2) is 0 Å². The highest BCUT2D eigenvalue weighted by Gasteiger charge is 2.15. The fraction of sp³-hybridized carbons (Fsp3) is 0.250. The van der Waals surface area contributed by atoms with Gasteiger partial charge in [0.05, 0.1) is 24.7 Å². The molecule has 1 aromatic carbocycles. The molecule has 2 N–H and O–H groups in total. The van der Waals surface area contributed by atoms with Crippen LogP contribution < -0.4 is 15.4 Å². The van der Waals surface area contributed by atoms with Crippen molar-refractivity contribution in [2.75, 3.05) is 17.7 Å². The van der Waals surface area contributed by atoms with Crippen LogP contribution in [0.15, 0.2) is 41.0 Å². The zero-order valence-electron chi connectivity index (χ0n) is 12.7. The second kappa shape index (κ2) is 6.80. The van der Waals surface area contributed by atoms with Crippen molar-refractivity contribution in [2.45, 2.75) is 13.8 Å².